The molecule has 2 aliphatic rings. The predicted octanol–water partition coefficient (Wildman–Crippen LogP) is 4.14. The van der Waals surface area contributed by atoms with Gasteiger partial charge in [0.05, 0.1) is 43.6 Å². The van der Waals surface area contributed by atoms with E-state index in [2.05, 4.69) is 25.1 Å². The topological polar surface area (TPSA) is 88.5 Å². The summed E-state index contributed by atoms with van der Waals surface area (Å²) in [5.41, 5.74) is 2.64. The second-order valence-electron chi connectivity index (χ2n) is 9.39. The average molecular weight is 498 g/mol. The van der Waals surface area contributed by atoms with Crippen molar-refractivity contribution in [2.75, 3.05) is 56.7 Å². The molecule has 1 aromatic carbocycles. The maximum absolute atomic E-state index is 5.70. The summed E-state index contributed by atoms with van der Waals surface area (Å²) in [6.45, 7) is 5.56. The van der Waals surface area contributed by atoms with E-state index in [9.17, 15) is 0 Å². The van der Waals surface area contributed by atoms with Crippen molar-refractivity contribution >= 4 is 28.2 Å². The molecule has 9 nitrogen and oxygen atoms in total. The molecule has 2 fully saturated rings. The van der Waals surface area contributed by atoms with Gasteiger partial charge in [0.15, 0.2) is 5.82 Å². The molecule has 0 amide bonds. The molecule has 9 heteroatoms. The van der Waals surface area contributed by atoms with Crippen LogP contribution in [0.2, 0.25) is 0 Å². The first-order valence-corrected chi connectivity index (χ1v) is 12.8. The van der Waals surface area contributed by atoms with Gasteiger partial charge in [0.25, 0.3) is 0 Å². The quantitative estimate of drug-likeness (QED) is 0.422. The van der Waals surface area contributed by atoms with Crippen LogP contribution in [0.1, 0.15) is 12.8 Å². The van der Waals surface area contributed by atoms with E-state index in [1.165, 1.54) is 0 Å². The fourth-order valence-electron chi connectivity index (χ4n) is 5.24. The van der Waals surface area contributed by atoms with Gasteiger partial charge in [-0.2, -0.15) is 0 Å². The van der Waals surface area contributed by atoms with Crippen LogP contribution in [0.4, 0.5) is 17.3 Å². The SMILES string of the molecule is COc1cncc2nc(-c3ccnc(Nc4ccccc4)c3)nc(N3CCC(N4CCOCC4)CC3)c12. The minimum atomic E-state index is 0.586. The molecular weight excluding hydrogens is 466 g/mol. The zero-order chi connectivity index (χ0) is 25.0. The fourth-order valence-corrected chi connectivity index (χ4v) is 5.24. The summed E-state index contributed by atoms with van der Waals surface area (Å²) >= 11 is 0. The van der Waals surface area contributed by atoms with Crippen LogP contribution < -0.4 is 15.0 Å². The van der Waals surface area contributed by atoms with Crippen molar-refractivity contribution in [1.82, 2.24) is 24.8 Å². The highest BCUT2D eigenvalue weighted by Gasteiger charge is 2.28. The number of anilines is 3. The first-order chi connectivity index (χ1) is 18.3. The van der Waals surface area contributed by atoms with Gasteiger partial charge in [-0.05, 0) is 37.1 Å². The molecule has 2 saturated heterocycles. The highest BCUT2D eigenvalue weighted by Crippen LogP contribution is 2.35. The number of fused-ring (bicyclic) bond motifs is 1. The summed E-state index contributed by atoms with van der Waals surface area (Å²) in [6, 6.07) is 14.5. The number of benzene rings is 1. The largest absolute Gasteiger partial charge is 0.494 e. The molecule has 190 valence electrons. The molecule has 0 atom stereocenters. The van der Waals surface area contributed by atoms with Crippen molar-refractivity contribution in [3.8, 4) is 17.1 Å². The summed E-state index contributed by atoms with van der Waals surface area (Å²) in [5, 5.41) is 4.27. The Morgan fingerprint density at radius 1 is 0.973 bits per heavy atom. The van der Waals surface area contributed by atoms with Gasteiger partial charge >= 0.3 is 0 Å². The van der Waals surface area contributed by atoms with Crippen LogP contribution in [0.5, 0.6) is 5.75 Å². The first-order valence-electron chi connectivity index (χ1n) is 12.8. The van der Waals surface area contributed by atoms with Gasteiger partial charge < -0.3 is 19.7 Å². The monoisotopic (exact) mass is 497 g/mol. The van der Waals surface area contributed by atoms with Crippen molar-refractivity contribution < 1.29 is 9.47 Å². The number of hydrogen-bond acceptors (Lipinski definition) is 9. The zero-order valence-electron chi connectivity index (χ0n) is 21.0. The molecule has 0 bridgehead atoms. The van der Waals surface area contributed by atoms with Crippen molar-refractivity contribution in [3.63, 3.8) is 0 Å². The third-order valence-corrected chi connectivity index (χ3v) is 7.16. The smallest absolute Gasteiger partial charge is 0.162 e. The van der Waals surface area contributed by atoms with Crippen LogP contribution >= 0.6 is 0 Å². The lowest BCUT2D eigenvalue weighted by atomic mass is 10.0. The summed E-state index contributed by atoms with van der Waals surface area (Å²) in [4.78, 5) is 23.8. The van der Waals surface area contributed by atoms with E-state index in [4.69, 9.17) is 19.4 Å². The van der Waals surface area contributed by atoms with Gasteiger partial charge in [-0.25, -0.2) is 15.0 Å². The van der Waals surface area contributed by atoms with E-state index in [0.29, 0.717) is 17.6 Å². The molecule has 37 heavy (non-hydrogen) atoms. The Labute approximate surface area is 216 Å². The Bertz CT molecular complexity index is 1350. The van der Waals surface area contributed by atoms with E-state index in [1.807, 2.05) is 42.5 Å². The number of hydrogen-bond donors (Lipinski definition) is 1. The van der Waals surface area contributed by atoms with Crippen LogP contribution in [-0.2, 0) is 4.74 Å². The molecule has 0 unspecified atom stereocenters. The van der Waals surface area contributed by atoms with Crippen LogP contribution in [0, 0.1) is 0 Å². The van der Waals surface area contributed by atoms with Crippen molar-refractivity contribution in [3.05, 3.63) is 61.1 Å². The number of piperidine rings is 1. The molecular formula is C28H31N7O2. The number of ether oxygens (including phenoxy) is 2. The van der Waals surface area contributed by atoms with Crippen molar-refractivity contribution in [1.29, 1.82) is 0 Å². The van der Waals surface area contributed by atoms with E-state index >= 15 is 0 Å². The van der Waals surface area contributed by atoms with Crippen LogP contribution in [0.3, 0.4) is 0 Å². The molecule has 6 rings (SSSR count). The minimum Gasteiger partial charge on any atom is -0.494 e. The number of nitrogens with one attached hydrogen (secondary N) is 1. The Kier molecular flexibility index (Phi) is 6.79. The Balaban J connectivity index is 1.33. The molecule has 0 aliphatic carbocycles. The second kappa shape index (κ2) is 10.7. The summed E-state index contributed by atoms with van der Waals surface area (Å²) in [7, 11) is 1.67. The highest BCUT2D eigenvalue weighted by molar-refractivity contribution is 5.95. The third kappa shape index (κ3) is 5.05. The van der Waals surface area contributed by atoms with Gasteiger partial charge in [-0.1, -0.05) is 18.2 Å². The fraction of sp³-hybridized carbons (Fsp3) is 0.357. The van der Waals surface area contributed by atoms with Gasteiger partial charge in [-0.15, -0.1) is 0 Å². The average Bonchev–Trinajstić information content (AvgIpc) is 2.97. The standard InChI is InChI=1S/C28H31N7O2/c1-36-24-19-29-18-23-26(24)28(35-11-8-22(9-12-35)34-13-15-37-16-14-34)33-27(32-23)20-7-10-30-25(17-20)31-21-5-3-2-4-6-21/h2-7,10,17-19,22H,8-9,11-16H2,1H3,(H,30,31). The normalized spacial score (nSPS) is 17.2. The van der Waals surface area contributed by atoms with Crippen molar-refractivity contribution in [2.45, 2.75) is 18.9 Å². The van der Waals surface area contributed by atoms with E-state index < -0.39 is 0 Å². The van der Waals surface area contributed by atoms with E-state index in [1.54, 1.807) is 25.7 Å². The lowest BCUT2D eigenvalue weighted by Gasteiger charge is -2.40. The summed E-state index contributed by atoms with van der Waals surface area (Å²) in [5.74, 6) is 2.97. The van der Waals surface area contributed by atoms with Gasteiger partial charge in [-0.3, -0.25) is 9.88 Å². The van der Waals surface area contributed by atoms with E-state index in [0.717, 1.165) is 86.0 Å². The lowest BCUT2D eigenvalue weighted by molar-refractivity contribution is 0.0115. The number of rotatable bonds is 6. The third-order valence-electron chi connectivity index (χ3n) is 7.16. The molecule has 5 heterocycles. The number of nitrogens with zero attached hydrogens (tertiary/aromatic N) is 6. The van der Waals surface area contributed by atoms with Gasteiger partial charge in [0.2, 0.25) is 0 Å². The number of aromatic nitrogens is 4. The Hall–Kier alpha value is -3.82. The lowest BCUT2D eigenvalue weighted by Crippen LogP contribution is -2.49. The second-order valence-corrected chi connectivity index (χ2v) is 9.39. The molecule has 3 aromatic heterocycles. The van der Waals surface area contributed by atoms with Gasteiger partial charge in [0, 0.05) is 49.7 Å². The van der Waals surface area contributed by atoms with Crippen LogP contribution in [0.25, 0.3) is 22.3 Å². The van der Waals surface area contributed by atoms with Crippen LogP contribution in [-0.4, -0.2) is 77.4 Å². The first kappa shape index (κ1) is 23.6. The molecule has 0 spiro atoms. The number of morpholine rings is 1. The maximum Gasteiger partial charge on any atom is 0.162 e. The summed E-state index contributed by atoms with van der Waals surface area (Å²) in [6.07, 6.45) is 7.50. The Morgan fingerprint density at radius 2 is 1.78 bits per heavy atom. The number of methoxy groups -OCH3 is 1. The van der Waals surface area contributed by atoms with Gasteiger partial charge in [0.1, 0.15) is 17.4 Å². The molecule has 0 radical (unpaired) electrons. The molecule has 0 saturated carbocycles. The molecule has 2 aliphatic heterocycles. The number of pyridine rings is 2. The van der Waals surface area contributed by atoms with Crippen molar-refractivity contribution in [2.24, 2.45) is 0 Å². The molecule has 4 aromatic rings. The predicted molar refractivity (Wildman–Crippen MR) is 144 cm³/mol. The summed E-state index contributed by atoms with van der Waals surface area (Å²) < 4.78 is 11.2. The molecule has 1 N–H and O–H groups in total. The maximum atomic E-state index is 5.70. The van der Waals surface area contributed by atoms with E-state index in [-0.39, 0.29) is 0 Å². The number of para-hydroxylation sites is 1. The highest BCUT2D eigenvalue weighted by atomic mass is 16.5. The zero-order valence-corrected chi connectivity index (χ0v) is 21.0. The minimum absolute atomic E-state index is 0.586. The van der Waals surface area contributed by atoms with Crippen LogP contribution in [0.15, 0.2) is 61.1 Å². The Morgan fingerprint density at radius 3 is 2.57 bits per heavy atom.